The summed E-state index contributed by atoms with van der Waals surface area (Å²) in [6, 6.07) is 0. The van der Waals surface area contributed by atoms with Gasteiger partial charge in [0.05, 0.1) is 0 Å². The van der Waals surface area contributed by atoms with Crippen LogP contribution in [-0.4, -0.2) is 48.6 Å². The van der Waals surface area contributed by atoms with Gasteiger partial charge in [0.1, 0.15) is 0 Å². The Morgan fingerprint density at radius 2 is 2.07 bits per heavy atom. The third-order valence-electron chi connectivity index (χ3n) is 2.81. The van der Waals surface area contributed by atoms with Crippen molar-refractivity contribution in [3.05, 3.63) is 0 Å². The van der Waals surface area contributed by atoms with Crippen LogP contribution in [0.3, 0.4) is 0 Å². The third kappa shape index (κ3) is 4.75. The number of hydrogen-bond acceptors (Lipinski definition) is 3. The maximum atomic E-state index is 3.29. The van der Waals surface area contributed by atoms with Crippen molar-refractivity contribution in [2.24, 2.45) is 5.41 Å². The number of nitrogens with one attached hydrogen (secondary N) is 1. The number of nitrogens with zero attached hydrogens (tertiary/aromatic N) is 1. The van der Waals surface area contributed by atoms with Crippen molar-refractivity contribution in [1.29, 1.82) is 0 Å². The lowest BCUT2D eigenvalue weighted by molar-refractivity contribution is 0.170. The van der Waals surface area contributed by atoms with E-state index < -0.39 is 0 Å². The molecule has 0 saturated carbocycles. The van der Waals surface area contributed by atoms with Crippen LogP contribution >= 0.6 is 11.8 Å². The zero-order valence-electron chi connectivity index (χ0n) is 10.9. The minimum absolute atomic E-state index is 0.382. The quantitative estimate of drug-likeness (QED) is 0.796. The lowest BCUT2D eigenvalue weighted by atomic mass is 9.92. The Hall–Kier alpha value is 0.270. The summed E-state index contributed by atoms with van der Waals surface area (Å²) in [5.74, 6) is 1.28. The molecule has 0 amide bonds. The van der Waals surface area contributed by atoms with E-state index in [2.05, 4.69) is 49.7 Å². The Morgan fingerprint density at radius 3 is 2.60 bits per heavy atom. The molecule has 1 rings (SSSR count). The highest BCUT2D eigenvalue weighted by Crippen LogP contribution is 2.30. The molecule has 1 fully saturated rings. The van der Waals surface area contributed by atoms with Crippen molar-refractivity contribution in [3.8, 4) is 0 Å². The van der Waals surface area contributed by atoms with E-state index >= 15 is 0 Å². The van der Waals surface area contributed by atoms with Gasteiger partial charge in [-0.1, -0.05) is 13.8 Å². The van der Waals surface area contributed by atoms with Crippen LogP contribution in [0.4, 0.5) is 0 Å². The second-order valence-electron chi connectivity index (χ2n) is 6.01. The molecule has 0 aromatic rings. The first-order valence-corrected chi connectivity index (χ1v) is 6.84. The van der Waals surface area contributed by atoms with Gasteiger partial charge < -0.3 is 10.2 Å². The topological polar surface area (TPSA) is 15.3 Å². The Labute approximate surface area is 99.2 Å². The molecule has 0 aromatic heterocycles. The van der Waals surface area contributed by atoms with Gasteiger partial charge in [0.25, 0.3) is 0 Å². The SMILES string of the molecule is CNCC(C)(C)CN1CCSC(C)(C)C1. The Kier molecular flexibility index (Phi) is 4.50. The van der Waals surface area contributed by atoms with Gasteiger partial charge in [-0.25, -0.2) is 0 Å². The second kappa shape index (κ2) is 5.07. The Morgan fingerprint density at radius 1 is 1.40 bits per heavy atom. The van der Waals surface area contributed by atoms with Crippen molar-refractivity contribution in [1.82, 2.24) is 10.2 Å². The van der Waals surface area contributed by atoms with Crippen LogP contribution in [0.2, 0.25) is 0 Å². The largest absolute Gasteiger partial charge is 0.319 e. The van der Waals surface area contributed by atoms with Crippen LogP contribution in [0.15, 0.2) is 0 Å². The first-order valence-electron chi connectivity index (χ1n) is 5.86. The minimum Gasteiger partial charge on any atom is -0.319 e. The van der Waals surface area contributed by atoms with Gasteiger partial charge in [0, 0.05) is 36.7 Å². The first kappa shape index (κ1) is 13.3. The fourth-order valence-electron chi connectivity index (χ4n) is 2.39. The average molecular weight is 230 g/mol. The molecule has 1 aliphatic heterocycles. The van der Waals surface area contributed by atoms with Crippen LogP contribution in [0.1, 0.15) is 27.7 Å². The maximum absolute atomic E-state index is 3.29. The van der Waals surface area contributed by atoms with E-state index in [9.17, 15) is 0 Å². The monoisotopic (exact) mass is 230 g/mol. The van der Waals surface area contributed by atoms with E-state index in [1.54, 1.807) is 0 Å². The van der Waals surface area contributed by atoms with Crippen molar-refractivity contribution in [3.63, 3.8) is 0 Å². The summed E-state index contributed by atoms with van der Waals surface area (Å²) < 4.78 is 0.438. The fourth-order valence-corrected chi connectivity index (χ4v) is 3.56. The van der Waals surface area contributed by atoms with Crippen molar-refractivity contribution in [2.75, 3.05) is 39.0 Å². The normalized spacial score (nSPS) is 23.0. The van der Waals surface area contributed by atoms with Crippen molar-refractivity contribution >= 4 is 11.8 Å². The summed E-state index contributed by atoms with van der Waals surface area (Å²) in [6.07, 6.45) is 0. The van der Waals surface area contributed by atoms with Crippen molar-refractivity contribution in [2.45, 2.75) is 32.4 Å². The van der Waals surface area contributed by atoms with Gasteiger partial charge in [-0.3, -0.25) is 0 Å². The average Bonchev–Trinajstić information content (AvgIpc) is 1.99. The Balaban J connectivity index is 2.44. The van der Waals surface area contributed by atoms with Crippen LogP contribution in [-0.2, 0) is 0 Å². The van der Waals surface area contributed by atoms with Gasteiger partial charge in [-0.15, -0.1) is 0 Å². The first-order chi connectivity index (χ1) is 6.85. The fraction of sp³-hybridized carbons (Fsp3) is 1.00. The molecular formula is C12H26N2S. The number of thioether (sulfide) groups is 1. The molecule has 0 bridgehead atoms. The van der Waals surface area contributed by atoms with E-state index in [-0.39, 0.29) is 0 Å². The molecule has 0 spiro atoms. The minimum atomic E-state index is 0.382. The number of hydrogen-bond donors (Lipinski definition) is 1. The molecule has 1 aliphatic rings. The zero-order valence-corrected chi connectivity index (χ0v) is 11.7. The highest BCUT2D eigenvalue weighted by molar-refractivity contribution is 8.00. The molecule has 3 heteroatoms. The van der Waals surface area contributed by atoms with Gasteiger partial charge >= 0.3 is 0 Å². The highest BCUT2D eigenvalue weighted by atomic mass is 32.2. The molecular weight excluding hydrogens is 204 g/mol. The smallest absolute Gasteiger partial charge is 0.0231 e. The van der Waals surface area contributed by atoms with Crippen LogP contribution in [0.5, 0.6) is 0 Å². The van der Waals surface area contributed by atoms with E-state index in [0.717, 1.165) is 6.54 Å². The van der Waals surface area contributed by atoms with Gasteiger partial charge in [0.2, 0.25) is 0 Å². The van der Waals surface area contributed by atoms with Crippen LogP contribution in [0, 0.1) is 5.41 Å². The summed E-state index contributed by atoms with van der Waals surface area (Å²) in [6.45, 7) is 14.2. The summed E-state index contributed by atoms with van der Waals surface area (Å²) in [5.41, 5.74) is 0.382. The third-order valence-corrected chi connectivity index (χ3v) is 4.11. The van der Waals surface area contributed by atoms with E-state index in [1.165, 1.54) is 25.4 Å². The summed E-state index contributed by atoms with van der Waals surface area (Å²) in [4.78, 5) is 2.62. The highest BCUT2D eigenvalue weighted by Gasteiger charge is 2.30. The molecule has 15 heavy (non-hydrogen) atoms. The lowest BCUT2D eigenvalue weighted by Gasteiger charge is -2.41. The van der Waals surface area contributed by atoms with Crippen LogP contribution in [0.25, 0.3) is 0 Å². The maximum Gasteiger partial charge on any atom is 0.0231 e. The standard InChI is InChI=1S/C12H26N2S/c1-11(2,8-13-5)9-14-6-7-15-12(3,4)10-14/h13H,6-10H2,1-5H3. The van der Waals surface area contributed by atoms with E-state index in [4.69, 9.17) is 0 Å². The summed E-state index contributed by atoms with van der Waals surface area (Å²) in [5, 5.41) is 3.29. The molecule has 1 heterocycles. The Bertz CT molecular complexity index is 202. The molecule has 0 radical (unpaired) electrons. The molecule has 2 nitrogen and oxygen atoms in total. The molecule has 1 N–H and O–H groups in total. The van der Waals surface area contributed by atoms with Crippen LogP contribution < -0.4 is 5.32 Å². The second-order valence-corrected chi connectivity index (χ2v) is 7.82. The lowest BCUT2D eigenvalue weighted by Crippen LogP contribution is -2.48. The van der Waals surface area contributed by atoms with E-state index in [0.29, 0.717) is 10.2 Å². The van der Waals surface area contributed by atoms with Gasteiger partial charge in [0.15, 0.2) is 0 Å². The summed E-state index contributed by atoms with van der Waals surface area (Å²) >= 11 is 2.11. The van der Waals surface area contributed by atoms with Gasteiger partial charge in [-0.2, -0.15) is 11.8 Å². The predicted molar refractivity (Wildman–Crippen MR) is 70.7 cm³/mol. The van der Waals surface area contributed by atoms with E-state index in [1.807, 2.05) is 7.05 Å². The molecule has 0 unspecified atom stereocenters. The molecule has 0 atom stereocenters. The zero-order chi connectivity index (χ0) is 11.5. The molecule has 1 saturated heterocycles. The van der Waals surface area contributed by atoms with Crippen molar-refractivity contribution < 1.29 is 0 Å². The molecule has 90 valence electrons. The molecule has 0 aliphatic carbocycles. The van der Waals surface area contributed by atoms with Gasteiger partial charge in [-0.05, 0) is 26.3 Å². The number of rotatable bonds is 4. The summed E-state index contributed by atoms with van der Waals surface area (Å²) in [7, 11) is 2.04. The molecule has 0 aromatic carbocycles. The predicted octanol–water partition coefficient (Wildman–Crippen LogP) is 2.06.